The third kappa shape index (κ3) is 45.1. The van der Waals surface area contributed by atoms with Crippen molar-refractivity contribution in [1.82, 2.24) is 19.9 Å². The molecule has 4 heterocycles. The molecule has 0 saturated heterocycles. The monoisotopic (exact) mass is 2760 g/mol. The number of aromatic nitrogens is 4. The number of hydrogen-bond acceptors (Lipinski definition) is 21. The summed E-state index contributed by atoms with van der Waals surface area (Å²) >= 11 is 67.9. The molecule has 14 aromatic rings. The van der Waals surface area contributed by atoms with Crippen molar-refractivity contribution in [3.8, 4) is 23.0 Å². The van der Waals surface area contributed by atoms with E-state index in [0.29, 0.717) is 72.3 Å². The Bertz CT molecular complexity index is 6480. The molecular formula is C94H82Cl10I6N6NaO19P. The number of nitrogens with one attached hydrogen (secondary N) is 4. The number of allylic oxidation sites excluding steroid dienone is 1. The number of nitrogen functional groups attached to an aromatic ring is 1. The summed E-state index contributed by atoms with van der Waals surface area (Å²) in [5.74, 6) is -1.13. The van der Waals surface area contributed by atoms with Gasteiger partial charge in [0.1, 0.15) is 39.7 Å². The first-order valence-electron chi connectivity index (χ1n) is 38.7. The van der Waals surface area contributed by atoms with Crippen LogP contribution in [0.15, 0.2) is 281 Å². The van der Waals surface area contributed by atoms with Gasteiger partial charge in [-0.2, -0.15) is 0 Å². The largest absolute Gasteiger partial charge is 1.00 e. The normalized spacial score (nSPS) is 9.85. The molecule has 25 nitrogen and oxygen atoms in total. The Morgan fingerprint density at radius 2 is 0.774 bits per heavy atom. The van der Waals surface area contributed by atoms with Gasteiger partial charge in [-0.05, 0) is 350 Å². The molecule has 14 rings (SSSR count). The van der Waals surface area contributed by atoms with E-state index in [0.717, 1.165) is 62.3 Å². The van der Waals surface area contributed by atoms with Crippen molar-refractivity contribution < 1.29 is 107 Å². The van der Waals surface area contributed by atoms with E-state index >= 15 is 0 Å². The predicted molar refractivity (Wildman–Crippen MR) is 599 cm³/mol. The number of aromatic carboxylic acids is 1. The first-order chi connectivity index (χ1) is 63.7. The van der Waals surface area contributed by atoms with Gasteiger partial charge in [-0.15, -0.1) is 0 Å². The van der Waals surface area contributed by atoms with Crippen molar-refractivity contribution in [3.63, 3.8) is 0 Å². The molecule has 0 spiro atoms. The van der Waals surface area contributed by atoms with E-state index < -0.39 is 46.4 Å². The summed E-state index contributed by atoms with van der Waals surface area (Å²) in [5, 5.41) is 15.2. The fraction of sp³-hybridized carbons (Fsp3) is 0.128. The zero-order valence-corrected chi connectivity index (χ0v) is 95.5. The van der Waals surface area contributed by atoms with E-state index in [2.05, 4.69) is 159 Å². The molecule has 0 unspecified atom stereocenters. The molecule has 0 fully saturated rings. The van der Waals surface area contributed by atoms with Gasteiger partial charge in [-0.1, -0.05) is 168 Å². The first kappa shape index (κ1) is 126. The first-order valence-corrected chi connectivity index (χ1v) is 52.2. The molecule has 137 heavy (non-hydrogen) atoms. The number of carboxylic acids is 1. The molecule has 0 aliphatic heterocycles. The molecular weight excluding hydrogens is 2690 g/mol. The van der Waals surface area contributed by atoms with Gasteiger partial charge in [0.05, 0.1) is 90.3 Å². The molecule has 10 aromatic carbocycles. The van der Waals surface area contributed by atoms with Gasteiger partial charge < -0.3 is 69.7 Å². The number of hydrogen-bond donors (Lipinski definition) is 6. The van der Waals surface area contributed by atoms with Gasteiger partial charge in [0.15, 0.2) is 11.0 Å². The Hall–Kier alpha value is -6.79. The number of nitrogens with two attached hydrogens (primary N) is 1. The third-order valence-electron chi connectivity index (χ3n) is 16.1. The number of ether oxygens (including phenoxy) is 7. The number of anilines is 2. The smallest absolute Gasteiger partial charge is 0.870 e. The molecule has 0 atom stereocenters. The van der Waals surface area contributed by atoms with E-state index in [9.17, 15) is 47.7 Å². The minimum Gasteiger partial charge on any atom is -0.870 e. The topological polar surface area (TPSA) is 384 Å². The molecule has 0 bridgehead atoms. The van der Waals surface area contributed by atoms with Crippen LogP contribution in [0.1, 0.15) is 69.7 Å². The zero-order valence-electron chi connectivity index (χ0n) is 72.1. The number of rotatable bonds is 17. The van der Waals surface area contributed by atoms with Gasteiger partial charge in [0.25, 0.3) is 0 Å². The van der Waals surface area contributed by atoms with Crippen LogP contribution in [0, 0.1) is 21.4 Å². The van der Waals surface area contributed by atoms with E-state index in [4.69, 9.17) is 116 Å². The van der Waals surface area contributed by atoms with E-state index in [-0.39, 0.29) is 109 Å². The molecule has 43 heteroatoms. The maximum Gasteiger partial charge on any atom is 1.00 e. The summed E-state index contributed by atoms with van der Waals surface area (Å²) in [7, 11) is 0. The Balaban J connectivity index is 0.000000520. The van der Waals surface area contributed by atoms with Crippen LogP contribution in [-0.2, 0) is 47.4 Å². The van der Waals surface area contributed by atoms with Crippen molar-refractivity contribution in [2.75, 3.05) is 44.1 Å². The fourth-order valence-electron chi connectivity index (χ4n) is 10.1. The summed E-state index contributed by atoms with van der Waals surface area (Å²) in [6.45, 7) is 11.0. The number of halogens is 16. The maximum atomic E-state index is 12.1. The average Bonchev–Trinajstić information content (AvgIpc) is 0.805. The molecule has 0 aliphatic carbocycles. The molecule has 0 saturated carbocycles. The van der Waals surface area contributed by atoms with Crippen molar-refractivity contribution in [2.24, 2.45) is 0 Å². The minimum absolute atomic E-state index is 0. The van der Waals surface area contributed by atoms with Gasteiger partial charge in [0, 0.05) is 91.4 Å². The van der Waals surface area contributed by atoms with Crippen LogP contribution in [0.5, 0.6) is 23.0 Å². The molecule has 4 aromatic heterocycles. The fourth-order valence-corrected chi connectivity index (χ4v) is 13.8. The van der Waals surface area contributed by atoms with E-state index in [1.165, 1.54) is 30.7 Å². The summed E-state index contributed by atoms with van der Waals surface area (Å²) in [6.07, 6.45) is 8.47. The van der Waals surface area contributed by atoms with Crippen molar-refractivity contribution in [2.45, 2.75) is 49.0 Å². The van der Waals surface area contributed by atoms with Crippen LogP contribution in [0.2, 0.25) is 35.2 Å². The summed E-state index contributed by atoms with van der Waals surface area (Å²) in [5.41, 5.74) is 8.16. The number of carboxylic acid groups (broad SMARTS) is 1. The molecule has 720 valence electrons. The Kier molecular flexibility index (Phi) is 61.6. The van der Waals surface area contributed by atoms with Crippen LogP contribution >= 0.6 is 256 Å². The number of aromatic amines is 3. The predicted octanol–water partition coefficient (Wildman–Crippen LogP) is 26.6. The van der Waals surface area contributed by atoms with Gasteiger partial charge in [0.2, 0.25) is 10.9 Å². The van der Waals surface area contributed by atoms with Gasteiger partial charge in [-0.3, -0.25) is 23.9 Å². The third-order valence-corrected chi connectivity index (χ3v) is 25.6. The van der Waals surface area contributed by atoms with Gasteiger partial charge >= 0.3 is 70.6 Å². The number of benzene rings is 10. The second-order valence-corrected chi connectivity index (χ2v) is 41.8. The molecule has 0 radical (unpaired) electrons. The Morgan fingerprint density at radius 1 is 0.431 bits per heavy atom. The van der Waals surface area contributed by atoms with Crippen LogP contribution in [0.25, 0.3) is 43.6 Å². The minimum atomic E-state index is -3.22. The number of esters is 5. The van der Waals surface area contributed by atoms with Crippen molar-refractivity contribution in [3.05, 3.63) is 365 Å². The standard InChI is InChI=1S/C14H15ClINO4.C12H9ClINO3.2C12H10O.C10H5ClINO3.C9H4Cl2IN.C9H5ClINO.C9H14O4.C6H5ClIN.CH4.Cl3OP.Na.H2O/c1-3-20-13(18)10(14(19)21-4-2)8-17-9-5-6-12(16)11(15)7-9;1-2-18-12(17)7-5-15-10-4-8(13)9(14)3-6(10)11(7)16;2*1-3-7-11(8-4-1)13-12-9-5-2-6-10-12;11-6-2-8-4(1-7(6)12)9(14)5(3-13-8)10(15)16;10-6-1-2-13-9-4-7(11)8(12)3-5(6)9;10-6-4-8-5(3-7(6)11)9(13)1-2-12-8;1-4-7(8(10)12-5-2)9(11)13-6-3;7-5-3-4(9)1-2-6(5)8;;1-5(2,3)4;;/h5-8,17H,3-4H2,1-2H3;3-5H,2H2,1H3,(H,15,16);2*1-10H;1-3H,(H,13,14)(H,15,16);1-4H;1-4H,(H,12,13);4H,5-6H2,1-3H3;1-3H,9H2;1H4;;;1H2/q;;;;;;;;;;;+1;/p-1. The van der Waals surface area contributed by atoms with Gasteiger partial charge in [-0.25, -0.2) is 28.8 Å². The summed E-state index contributed by atoms with van der Waals surface area (Å²) < 4.78 is 49.7. The Labute approximate surface area is 941 Å². The second-order valence-electron chi connectivity index (χ2n) is 25.4. The van der Waals surface area contributed by atoms with Crippen LogP contribution in [-0.4, -0.2) is 99.4 Å². The van der Waals surface area contributed by atoms with Crippen molar-refractivity contribution >= 4 is 346 Å². The number of pyridine rings is 4. The summed E-state index contributed by atoms with van der Waals surface area (Å²) in [6, 6.07) is 66.8. The number of nitrogens with zero attached hydrogens (tertiary/aromatic N) is 1. The number of carbonyl (C=O) groups excluding carboxylic acids is 5. The zero-order chi connectivity index (χ0) is 99.3. The van der Waals surface area contributed by atoms with Crippen molar-refractivity contribution in [1.29, 1.82) is 0 Å². The Morgan fingerprint density at radius 3 is 1.15 bits per heavy atom. The SMILES string of the molecule is C.CC=C(C(=O)OCC)C(=O)OCC.CCOC(=O)C(=CNc1ccc(I)c(Cl)c1)C(=O)OCC.CCOC(=O)c1c[nH]c2cc(Cl)c(I)cc2c1=O.Clc1cc2nccc(Cl)c2cc1I.Nc1ccc(I)c(Cl)c1.O=C(O)c1c[nH]c2cc(Cl)c(I)cc2c1=O.O=P(Cl)(Cl)Cl.O=c1cc[nH]c2cc(Cl)c(I)cc12.[Na+].[OH-].c1ccc(Oc2ccccc2)cc1.c1ccc(Oc2ccccc2)cc1. The number of H-pyrrole nitrogens is 3. The maximum absolute atomic E-state index is 12.1. The number of carbonyl (C=O) groups is 6. The number of para-hydroxylation sites is 4. The second kappa shape index (κ2) is 66.9. The molecule has 8 N–H and O–H groups in total. The average molecular weight is 2770 g/mol. The quantitative estimate of drug-likeness (QED) is 0.00567. The summed E-state index contributed by atoms with van der Waals surface area (Å²) in [4.78, 5) is 116. The van der Waals surface area contributed by atoms with Crippen LogP contribution in [0.4, 0.5) is 11.4 Å². The van der Waals surface area contributed by atoms with E-state index in [1.54, 1.807) is 115 Å². The van der Waals surface area contributed by atoms with Crippen LogP contribution in [0.3, 0.4) is 0 Å². The molecule has 0 amide bonds. The number of fused-ring (bicyclic) bond motifs is 4. The van der Waals surface area contributed by atoms with Crippen LogP contribution < -0.4 is 66.4 Å². The van der Waals surface area contributed by atoms with E-state index in [1.807, 2.05) is 197 Å². The molecule has 0 aliphatic rings.